The van der Waals surface area contributed by atoms with Gasteiger partial charge in [-0.25, -0.2) is 4.79 Å². The number of benzene rings is 1. The van der Waals surface area contributed by atoms with Crippen molar-refractivity contribution in [2.24, 2.45) is 0 Å². The molecule has 2 unspecified atom stereocenters. The molecule has 0 aliphatic carbocycles. The standard InChI is InChI=1S/C16H21N3O2/c1-11(20)12-4-2-5-13(10-12)17-16(21)18-14-7-9-19-8-3-6-15(14)19/h2,4-5,10,14-15H,3,6-9H2,1H3,(H2,17,18,21). The summed E-state index contributed by atoms with van der Waals surface area (Å²) in [5.41, 5.74) is 1.26. The summed E-state index contributed by atoms with van der Waals surface area (Å²) in [6, 6.07) is 7.58. The molecule has 1 aromatic rings. The lowest BCUT2D eigenvalue weighted by atomic mass is 10.1. The van der Waals surface area contributed by atoms with Gasteiger partial charge in [-0.15, -0.1) is 0 Å². The molecule has 3 rings (SSSR count). The van der Waals surface area contributed by atoms with Crippen molar-refractivity contribution in [3.05, 3.63) is 29.8 Å². The van der Waals surface area contributed by atoms with Gasteiger partial charge in [0.15, 0.2) is 5.78 Å². The van der Waals surface area contributed by atoms with Crippen LogP contribution in [0.3, 0.4) is 0 Å². The fourth-order valence-corrected chi connectivity index (χ4v) is 3.40. The Bertz CT molecular complexity index is 558. The summed E-state index contributed by atoms with van der Waals surface area (Å²) in [4.78, 5) is 25.9. The summed E-state index contributed by atoms with van der Waals surface area (Å²) in [5, 5.41) is 5.89. The molecule has 2 saturated heterocycles. The molecule has 2 aliphatic heterocycles. The van der Waals surface area contributed by atoms with Gasteiger partial charge in [-0.2, -0.15) is 0 Å². The molecule has 0 aromatic heterocycles. The number of carbonyl (C=O) groups excluding carboxylic acids is 2. The highest BCUT2D eigenvalue weighted by Crippen LogP contribution is 2.27. The lowest BCUT2D eigenvalue weighted by Gasteiger charge is -2.21. The lowest BCUT2D eigenvalue weighted by molar-refractivity contribution is 0.101. The zero-order chi connectivity index (χ0) is 14.8. The minimum atomic E-state index is -0.186. The van der Waals surface area contributed by atoms with E-state index in [0.717, 1.165) is 19.5 Å². The second kappa shape index (κ2) is 5.85. The van der Waals surface area contributed by atoms with E-state index >= 15 is 0 Å². The molecule has 0 spiro atoms. The van der Waals surface area contributed by atoms with Crippen LogP contribution >= 0.6 is 0 Å². The molecule has 1 aromatic carbocycles. The number of fused-ring (bicyclic) bond motifs is 1. The van der Waals surface area contributed by atoms with E-state index in [0.29, 0.717) is 17.3 Å². The predicted octanol–water partition coefficient (Wildman–Crippen LogP) is 2.25. The largest absolute Gasteiger partial charge is 0.334 e. The van der Waals surface area contributed by atoms with Gasteiger partial charge in [-0.05, 0) is 44.9 Å². The van der Waals surface area contributed by atoms with E-state index in [-0.39, 0.29) is 17.9 Å². The molecule has 2 atom stereocenters. The summed E-state index contributed by atoms with van der Waals surface area (Å²) in [6.45, 7) is 3.76. The number of hydrogen-bond acceptors (Lipinski definition) is 3. The topological polar surface area (TPSA) is 61.4 Å². The maximum Gasteiger partial charge on any atom is 0.319 e. The Morgan fingerprint density at radius 3 is 2.90 bits per heavy atom. The van der Waals surface area contributed by atoms with E-state index in [4.69, 9.17) is 0 Å². The van der Waals surface area contributed by atoms with Gasteiger partial charge in [0.25, 0.3) is 0 Å². The fraction of sp³-hybridized carbons (Fsp3) is 0.500. The molecule has 21 heavy (non-hydrogen) atoms. The quantitative estimate of drug-likeness (QED) is 0.838. The third-order valence-corrected chi connectivity index (χ3v) is 4.45. The molecule has 2 fully saturated rings. The molecule has 2 amide bonds. The van der Waals surface area contributed by atoms with Gasteiger partial charge in [0, 0.05) is 29.9 Å². The number of amides is 2. The molecule has 2 N–H and O–H groups in total. The number of nitrogens with zero attached hydrogens (tertiary/aromatic N) is 1. The first-order chi connectivity index (χ1) is 10.1. The Balaban J connectivity index is 1.59. The molecule has 0 bridgehead atoms. The van der Waals surface area contributed by atoms with Crippen molar-refractivity contribution < 1.29 is 9.59 Å². The first-order valence-electron chi connectivity index (χ1n) is 7.56. The number of nitrogens with one attached hydrogen (secondary N) is 2. The van der Waals surface area contributed by atoms with E-state index in [1.165, 1.54) is 19.8 Å². The number of Topliss-reactive ketones (excluding diaryl/α,β-unsaturated/α-hetero) is 1. The zero-order valence-corrected chi connectivity index (χ0v) is 12.3. The number of urea groups is 1. The highest BCUT2D eigenvalue weighted by Gasteiger charge is 2.37. The Hall–Kier alpha value is -1.88. The third kappa shape index (κ3) is 3.08. The molecule has 5 nitrogen and oxygen atoms in total. The zero-order valence-electron chi connectivity index (χ0n) is 12.3. The maximum atomic E-state index is 12.1. The van der Waals surface area contributed by atoms with Crippen LogP contribution in [-0.2, 0) is 0 Å². The van der Waals surface area contributed by atoms with Gasteiger partial charge in [0.1, 0.15) is 0 Å². The SMILES string of the molecule is CC(=O)c1cccc(NC(=O)NC2CCN3CCCC23)c1. The first-order valence-corrected chi connectivity index (χ1v) is 7.56. The number of rotatable bonds is 3. The summed E-state index contributed by atoms with van der Waals surface area (Å²) in [7, 11) is 0. The van der Waals surface area contributed by atoms with E-state index < -0.39 is 0 Å². The minimum Gasteiger partial charge on any atom is -0.334 e. The monoisotopic (exact) mass is 287 g/mol. The molecular formula is C16H21N3O2. The van der Waals surface area contributed by atoms with Crippen molar-refractivity contribution in [2.45, 2.75) is 38.3 Å². The van der Waals surface area contributed by atoms with Gasteiger partial charge in [-0.3, -0.25) is 9.69 Å². The summed E-state index contributed by atoms with van der Waals surface area (Å²) in [5.74, 6) is -0.00329. The van der Waals surface area contributed by atoms with Crippen molar-refractivity contribution in [3.8, 4) is 0 Å². The van der Waals surface area contributed by atoms with Crippen LogP contribution < -0.4 is 10.6 Å². The van der Waals surface area contributed by atoms with Gasteiger partial charge in [0.2, 0.25) is 0 Å². The Kier molecular flexibility index (Phi) is 3.92. The third-order valence-electron chi connectivity index (χ3n) is 4.45. The van der Waals surface area contributed by atoms with Crippen LogP contribution in [0.25, 0.3) is 0 Å². The van der Waals surface area contributed by atoms with Crippen molar-refractivity contribution in [2.75, 3.05) is 18.4 Å². The van der Waals surface area contributed by atoms with Crippen LogP contribution in [0.5, 0.6) is 0 Å². The van der Waals surface area contributed by atoms with Crippen LogP contribution in [-0.4, -0.2) is 41.9 Å². The number of carbonyl (C=O) groups is 2. The Morgan fingerprint density at radius 1 is 1.24 bits per heavy atom. The predicted molar refractivity (Wildman–Crippen MR) is 81.6 cm³/mol. The molecular weight excluding hydrogens is 266 g/mol. The van der Waals surface area contributed by atoms with Crippen molar-refractivity contribution in [1.82, 2.24) is 10.2 Å². The van der Waals surface area contributed by atoms with Crippen LogP contribution in [0.4, 0.5) is 10.5 Å². The smallest absolute Gasteiger partial charge is 0.319 e. The number of hydrogen-bond donors (Lipinski definition) is 2. The van der Waals surface area contributed by atoms with Gasteiger partial charge in [-0.1, -0.05) is 12.1 Å². The lowest BCUT2D eigenvalue weighted by Crippen LogP contribution is -2.44. The second-order valence-corrected chi connectivity index (χ2v) is 5.88. The molecule has 5 heteroatoms. The maximum absolute atomic E-state index is 12.1. The van der Waals surface area contributed by atoms with Crippen molar-refractivity contribution >= 4 is 17.5 Å². The molecule has 0 saturated carbocycles. The Labute approximate surface area is 124 Å². The normalized spacial score (nSPS) is 24.6. The molecule has 112 valence electrons. The van der Waals surface area contributed by atoms with Crippen molar-refractivity contribution in [1.29, 1.82) is 0 Å². The Morgan fingerprint density at radius 2 is 2.10 bits per heavy atom. The van der Waals surface area contributed by atoms with E-state index in [9.17, 15) is 9.59 Å². The van der Waals surface area contributed by atoms with Gasteiger partial charge >= 0.3 is 6.03 Å². The number of ketones is 1. The highest BCUT2D eigenvalue weighted by atomic mass is 16.2. The van der Waals surface area contributed by atoms with Gasteiger partial charge < -0.3 is 10.6 Å². The molecule has 2 heterocycles. The molecule has 0 radical (unpaired) electrons. The summed E-state index contributed by atoms with van der Waals surface area (Å²) >= 11 is 0. The van der Waals surface area contributed by atoms with Crippen molar-refractivity contribution in [3.63, 3.8) is 0 Å². The minimum absolute atomic E-state index is 0.00329. The van der Waals surface area contributed by atoms with Crippen LogP contribution in [0.1, 0.15) is 36.5 Å². The van der Waals surface area contributed by atoms with Gasteiger partial charge in [0.05, 0.1) is 0 Å². The summed E-state index contributed by atoms with van der Waals surface area (Å²) in [6.07, 6.45) is 3.42. The first kappa shape index (κ1) is 14.1. The van der Waals surface area contributed by atoms with E-state index in [1.807, 2.05) is 0 Å². The van der Waals surface area contributed by atoms with E-state index in [2.05, 4.69) is 15.5 Å². The molecule has 2 aliphatic rings. The average molecular weight is 287 g/mol. The van der Waals surface area contributed by atoms with Crippen LogP contribution in [0.15, 0.2) is 24.3 Å². The van der Waals surface area contributed by atoms with Crippen LogP contribution in [0, 0.1) is 0 Å². The number of anilines is 1. The van der Waals surface area contributed by atoms with Crippen LogP contribution in [0.2, 0.25) is 0 Å². The highest BCUT2D eigenvalue weighted by molar-refractivity contribution is 5.96. The second-order valence-electron chi connectivity index (χ2n) is 5.88. The van der Waals surface area contributed by atoms with E-state index in [1.54, 1.807) is 24.3 Å². The summed E-state index contributed by atoms with van der Waals surface area (Å²) < 4.78 is 0. The average Bonchev–Trinajstić information content (AvgIpc) is 3.04. The fourth-order valence-electron chi connectivity index (χ4n) is 3.40.